The third-order valence-corrected chi connectivity index (χ3v) is 5.96. The Balaban J connectivity index is 1.90. The van der Waals surface area contributed by atoms with Crippen LogP contribution in [-0.4, -0.2) is 44.7 Å². The maximum Gasteiger partial charge on any atom is 0.300 e. The number of methoxy groups -OCH3 is 3. The van der Waals surface area contributed by atoms with Crippen LogP contribution in [0.1, 0.15) is 24.1 Å². The number of Topliss-reactive ketones (excluding diaryl/α,β-unsaturated/α-hetero) is 1. The van der Waals surface area contributed by atoms with Crippen molar-refractivity contribution < 1.29 is 33.6 Å². The first-order valence-electron chi connectivity index (χ1n) is 11.3. The second-order valence-electron chi connectivity index (χ2n) is 7.94. The highest BCUT2D eigenvalue weighted by molar-refractivity contribution is 6.51. The number of aliphatic hydroxyl groups excluding tert-OH is 1. The van der Waals surface area contributed by atoms with Crippen LogP contribution in [0.4, 0.5) is 5.69 Å². The molecule has 8 heteroatoms. The molecular weight excluding hydrogens is 462 g/mol. The van der Waals surface area contributed by atoms with Crippen LogP contribution in [0, 0.1) is 0 Å². The molecule has 0 aliphatic carbocycles. The van der Waals surface area contributed by atoms with Crippen LogP contribution in [-0.2, 0) is 9.59 Å². The molecule has 36 heavy (non-hydrogen) atoms. The van der Waals surface area contributed by atoms with Crippen LogP contribution >= 0.6 is 0 Å². The van der Waals surface area contributed by atoms with Gasteiger partial charge in [0.1, 0.15) is 17.3 Å². The lowest BCUT2D eigenvalue weighted by Crippen LogP contribution is -2.29. The summed E-state index contributed by atoms with van der Waals surface area (Å²) in [6.45, 7) is 2.37. The lowest BCUT2D eigenvalue weighted by Gasteiger charge is -2.26. The highest BCUT2D eigenvalue weighted by atomic mass is 16.5. The predicted molar refractivity (Wildman–Crippen MR) is 135 cm³/mol. The van der Waals surface area contributed by atoms with E-state index in [0.29, 0.717) is 46.4 Å². The lowest BCUT2D eigenvalue weighted by atomic mass is 9.94. The Bertz CT molecular complexity index is 1300. The second kappa shape index (κ2) is 10.4. The van der Waals surface area contributed by atoms with E-state index >= 15 is 0 Å². The lowest BCUT2D eigenvalue weighted by molar-refractivity contribution is -0.132. The fourth-order valence-corrected chi connectivity index (χ4v) is 4.21. The van der Waals surface area contributed by atoms with E-state index < -0.39 is 17.7 Å². The molecule has 3 aromatic rings. The average Bonchev–Trinajstić information content (AvgIpc) is 3.18. The zero-order valence-electron chi connectivity index (χ0n) is 20.5. The molecule has 1 heterocycles. The Hall–Kier alpha value is -4.46. The van der Waals surface area contributed by atoms with Crippen molar-refractivity contribution in [2.45, 2.75) is 13.0 Å². The van der Waals surface area contributed by atoms with Gasteiger partial charge in [0, 0.05) is 11.3 Å². The van der Waals surface area contributed by atoms with Crippen molar-refractivity contribution in [1.29, 1.82) is 0 Å². The molecule has 3 aromatic carbocycles. The van der Waals surface area contributed by atoms with Crippen molar-refractivity contribution in [1.82, 2.24) is 0 Å². The Labute approximate surface area is 209 Å². The molecule has 186 valence electrons. The fraction of sp³-hybridized carbons (Fsp3) is 0.214. The topological polar surface area (TPSA) is 94.5 Å². The van der Waals surface area contributed by atoms with E-state index in [0.717, 1.165) is 0 Å². The number of carbonyl (C=O) groups is 2. The normalized spacial score (nSPS) is 16.7. The van der Waals surface area contributed by atoms with E-state index in [1.54, 1.807) is 73.8 Å². The number of amides is 1. The molecule has 8 nitrogen and oxygen atoms in total. The molecule has 0 bridgehead atoms. The van der Waals surface area contributed by atoms with Crippen LogP contribution in [0.5, 0.6) is 23.0 Å². The summed E-state index contributed by atoms with van der Waals surface area (Å²) in [5.41, 5.74) is 1.39. The Morgan fingerprint density at radius 1 is 0.833 bits per heavy atom. The molecule has 1 N–H and O–H groups in total. The Morgan fingerprint density at radius 3 is 2.06 bits per heavy atom. The molecular formula is C28H27NO7. The van der Waals surface area contributed by atoms with E-state index in [1.807, 2.05) is 6.92 Å². The molecule has 1 atom stereocenters. The van der Waals surface area contributed by atoms with Gasteiger partial charge in [0.25, 0.3) is 11.7 Å². The number of carbonyl (C=O) groups excluding carboxylic acids is 2. The molecule has 0 unspecified atom stereocenters. The van der Waals surface area contributed by atoms with Crippen molar-refractivity contribution in [3.63, 3.8) is 0 Å². The highest BCUT2D eigenvalue weighted by Crippen LogP contribution is 2.44. The van der Waals surface area contributed by atoms with Crippen LogP contribution in [0.2, 0.25) is 0 Å². The molecule has 0 aromatic heterocycles. The minimum Gasteiger partial charge on any atom is -0.507 e. The standard InChI is InChI=1S/C28H27NO7/c1-5-36-21-11-6-17(7-12-21)26(30)24-25(18-8-15-22(34-3)23(16-18)35-4)29(28(32)27(24)31)19-9-13-20(33-2)14-10-19/h6-16,25,30H,5H2,1-4H3/t25-/m1/s1. The van der Waals surface area contributed by atoms with Gasteiger partial charge in [-0.15, -0.1) is 0 Å². The molecule has 1 aliphatic heterocycles. The molecule has 4 rings (SSSR count). The summed E-state index contributed by atoms with van der Waals surface area (Å²) in [6, 6.07) is 17.7. The third-order valence-electron chi connectivity index (χ3n) is 5.96. The molecule has 1 fully saturated rings. The van der Waals surface area contributed by atoms with Gasteiger partial charge in [-0.25, -0.2) is 0 Å². The van der Waals surface area contributed by atoms with Gasteiger partial charge >= 0.3 is 0 Å². The number of anilines is 1. The number of ether oxygens (including phenoxy) is 4. The fourth-order valence-electron chi connectivity index (χ4n) is 4.21. The highest BCUT2D eigenvalue weighted by Gasteiger charge is 2.47. The number of nitrogens with zero attached hydrogens (tertiary/aromatic N) is 1. The minimum atomic E-state index is -0.912. The van der Waals surface area contributed by atoms with Crippen molar-refractivity contribution in [3.8, 4) is 23.0 Å². The van der Waals surface area contributed by atoms with Crippen LogP contribution in [0.3, 0.4) is 0 Å². The van der Waals surface area contributed by atoms with Crippen molar-refractivity contribution >= 4 is 23.1 Å². The molecule has 0 spiro atoms. The van der Waals surface area contributed by atoms with Gasteiger partial charge in [0.2, 0.25) is 0 Å². The minimum absolute atomic E-state index is 0.0350. The second-order valence-corrected chi connectivity index (χ2v) is 7.94. The molecule has 1 aliphatic rings. The van der Waals surface area contributed by atoms with Gasteiger partial charge in [-0.05, 0) is 73.2 Å². The number of aliphatic hydroxyl groups is 1. The Kier molecular flexibility index (Phi) is 7.15. The summed E-state index contributed by atoms with van der Waals surface area (Å²) < 4.78 is 21.5. The van der Waals surface area contributed by atoms with E-state index in [2.05, 4.69) is 0 Å². The summed E-state index contributed by atoms with van der Waals surface area (Å²) in [5, 5.41) is 11.3. The van der Waals surface area contributed by atoms with Crippen LogP contribution < -0.4 is 23.8 Å². The summed E-state index contributed by atoms with van der Waals surface area (Å²) in [7, 11) is 4.57. The van der Waals surface area contributed by atoms with Gasteiger partial charge in [-0.1, -0.05) is 6.07 Å². The first-order chi connectivity index (χ1) is 17.4. The Morgan fingerprint density at radius 2 is 1.47 bits per heavy atom. The van der Waals surface area contributed by atoms with Gasteiger partial charge in [-0.2, -0.15) is 0 Å². The number of hydrogen-bond acceptors (Lipinski definition) is 7. The maximum absolute atomic E-state index is 13.3. The van der Waals surface area contributed by atoms with Crippen molar-refractivity contribution in [2.75, 3.05) is 32.8 Å². The average molecular weight is 490 g/mol. The third kappa shape index (κ3) is 4.45. The SMILES string of the molecule is CCOc1ccc(C(O)=C2C(=O)C(=O)N(c3ccc(OC)cc3)[C@@H]2c2ccc(OC)c(OC)c2)cc1. The number of benzene rings is 3. The van der Waals surface area contributed by atoms with Gasteiger partial charge in [0.15, 0.2) is 11.5 Å². The predicted octanol–water partition coefficient (Wildman–Crippen LogP) is 4.74. The number of hydrogen-bond donors (Lipinski definition) is 1. The molecule has 1 saturated heterocycles. The summed E-state index contributed by atoms with van der Waals surface area (Å²) >= 11 is 0. The molecule has 0 saturated carbocycles. The largest absolute Gasteiger partial charge is 0.507 e. The zero-order valence-corrected chi connectivity index (χ0v) is 20.5. The summed E-state index contributed by atoms with van der Waals surface area (Å²) in [6.07, 6.45) is 0. The summed E-state index contributed by atoms with van der Waals surface area (Å²) in [5.74, 6) is 0.318. The molecule has 1 amide bonds. The maximum atomic E-state index is 13.3. The zero-order chi connectivity index (χ0) is 25.8. The van der Waals surface area contributed by atoms with E-state index in [9.17, 15) is 14.7 Å². The van der Waals surface area contributed by atoms with E-state index in [-0.39, 0.29) is 11.3 Å². The number of ketones is 1. The quantitative estimate of drug-likeness (QED) is 0.278. The monoisotopic (exact) mass is 489 g/mol. The smallest absolute Gasteiger partial charge is 0.300 e. The van der Waals surface area contributed by atoms with Gasteiger partial charge < -0.3 is 24.1 Å². The first-order valence-corrected chi connectivity index (χ1v) is 11.3. The van der Waals surface area contributed by atoms with Gasteiger partial charge in [-0.3, -0.25) is 14.5 Å². The van der Waals surface area contributed by atoms with Crippen LogP contribution in [0.25, 0.3) is 5.76 Å². The summed E-state index contributed by atoms with van der Waals surface area (Å²) in [4.78, 5) is 28.0. The van der Waals surface area contributed by atoms with Crippen molar-refractivity contribution in [3.05, 3.63) is 83.4 Å². The van der Waals surface area contributed by atoms with Crippen LogP contribution in [0.15, 0.2) is 72.3 Å². The molecule has 0 radical (unpaired) electrons. The van der Waals surface area contributed by atoms with E-state index in [1.165, 1.54) is 19.1 Å². The van der Waals surface area contributed by atoms with Crippen molar-refractivity contribution in [2.24, 2.45) is 0 Å². The van der Waals surface area contributed by atoms with E-state index in [4.69, 9.17) is 18.9 Å². The van der Waals surface area contributed by atoms with Gasteiger partial charge in [0.05, 0.1) is 39.6 Å². The first kappa shape index (κ1) is 24.7. The number of rotatable bonds is 8.